The van der Waals surface area contributed by atoms with Gasteiger partial charge in [0, 0.05) is 12.1 Å². The van der Waals surface area contributed by atoms with E-state index in [1.807, 2.05) is 18.2 Å². The lowest BCUT2D eigenvalue weighted by Crippen LogP contribution is -2.29. The number of amides is 1. The first-order valence-electron chi connectivity index (χ1n) is 5.81. The van der Waals surface area contributed by atoms with Crippen LogP contribution in [0.2, 0.25) is 4.34 Å². The molecule has 96 valence electrons. The highest BCUT2D eigenvalue weighted by Gasteiger charge is 2.28. The molecule has 0 bridgehead atoms. The predicted octanol–water partition coefficient (Wildman–Crippen LogP) is 3.24. The Bertz CT molecular complexity index is 665. The summed E-state index contributed by atoms with van der Waals surface area (Å²) in [5, 5.41) is 0. The van der Waals surface area contributed by atoms with Crippen LogP contribution in [-0.4, -0.2) is 23.1 Å². The van der Waals surface area contributed by atoms with E-state index in [9.17, 15) is 9.59 Å². The molecule has 0 radical (unpaired) electrons. The zero-order valence-electron chi connectivity index (χ0n) is 9.93. The van der Waals surface area contributed by atoms with Gasteiger partial charge in [0.25, 0.3) is 5.91 Å². The normalized spacial score (nSPS) is 13.7. The lowest BCUT2D eigenvalue weighted by atomic mass is 10.1. The van der Waals surface area contributed by atoms with E-state index in [1.54, 1.807) is 23.1 Å². The maximum Gasteiger partial charge on any atom is 0.254 e. The second-order valence-electron chi connectivity index (χ2n) is 4.35. The number of halogens is 1. The second kappa shape index (κ2) is 4.79. The van der Waals surface area contributed by atoms with Gasteiger partial charge < -0.3 is 4.90 Å². The van der Waals surface area contributed by atoms with Crippen molar-refractivity contribution in [2.75, 3.05) is 6.54 Å². The van der Waals surface area contributed by atoms with Gasteiger partial charge in [-0.15, -0.1) is 11.3 Å². The fraction of sp³-hybridized carbons (Fsp3) is 0.143. The molecule has 0 fully saturated rings. The van der Waals surface area contributed by atoms with E-state index in [1.165, 1.54) is 11.3 Å². The molecule has 0 saturated carbocycles. The van der Waals surface area contributed by atoms with Crippen molar-refractivity contribution in [2.24, 2.45) is 0 Å². The molecule has 2 heterocycles. The minimum atomic E-state index is -0.0772. The fourth-order valence-electron chi connectivity index (χ4n) is 2.16. The summed E-state index contributed by atoms with van der Waals surface area (Å²) in [5.41, 5.74) is 1.67. The summed E-state index contributed by atoms with van der Waals surface area (Å²) >= 11 is 7.05. The third-order valence-electron chi connectivity index (χ3n) is 3.08. The van der Waals surface area contributed by atoms with Gasteiger partial charge >= 0.3 is 0 Å². The average molecular weight is 292 g/mol. The van der Waals surface area contributed by atoms with Crippen LogP contribution in [0.25, 0.3) is 0 Å². The van der Waals surface area contributed by atoms with Crippen molar-refractivity contribution in [3.63, 3.8) is 0 Å². The number of benzene rings is 1. The summed E-state index contributed by atoms with van der Waals surface area (Å²) in [6.45, 7) is 0.601. The first-order chi connectivity index (χ1) is 9.15. The van der Waals surface area contributed by atoms with E-state index < -0.39 is 0 Å². The smallest absolute Gasteiger partial charge is 0.254 e. The van der Waals surface area contributed by atoms with E-state index >= 15 is 0 Å². The summed E-state index contributed by atoms with van der Waals surface area (Å²) in [5.74, 6) is -0.148. The largest absolute Gasteiger partial charge is 0.327 e. The highest BCUT2D eigenvalue weighted by Crippen LogP contribution is 2.25. The number of hydrogen-bond donors (Lipinski definition) is 0. The number of rotatable bonds is 3. The van der Waals surface area contributed by atoms with Crippen molar-refractivity contribution in [3.05, 3.63) is 56.7 Å². The Morgan fingerprint density at radius 3 is 2.74 bits per heavy atom. The van der Waals surface area contributed by atoms with Crippen LogP contribution in [0.1, 0.15) is 25.6 Å². The van der Waals surface area contributed by atoms with E-state index in [0.717, 1.165) is 5.56 Å². The Balaban J connectivity index is 1.76. The van der Waals surface area contributed by atoms with Gasteiger partial charge in [0.1, 0.15) is 0 Å². The molecule has 5 heteroatoms. The van der Waals surface area contributed by atoms with E-state index in [4.69, 9.17) is 11.6 Å². The number of thiophene rings is 1. The summed E-state index contributed by atoms with van der Waals surface area (Å²) < 4.78 is 0.583. The number of nitrogens with zero attached hydrogens (tertiary/aromatic N) is 1. The van der Waals surface area contributed by atoms with Crippen LogP contribution in [0, 0.1) is 0 Å². The SMILES string of the molecule is O=C(CN1Cc2ccccc2C1=O)c1ccc(Cl)s1. The number of hydrogen-bond acceptors (Lipinski definition) is 3. The molecule has 0 aliphatic carbocycles. The third kappa shape index (κ3) is 2.29. The molecular weight excluding hydrogens is 282 g/mol. The molecule has 0 N–H and O–H groups in total. The Morgan fingerprint density at radius 2 is 2.05 bits per heavy atom. The van der Waals surface area contributed by atoms with E-state index in [-0.39, 0.29) is 18.2 Å². The van der Waals surface area contributed by atoms with Gasteiger partial charge in [-0.05, 0) is 23.8 Å². The van der Waals surface area contributed by atoms with Crippen molar-refractivity contribution < 1.29 is 9.59 Å². The van der Waals surface area contributed by atoms with Crippen molar-refractivity contribution in [2.45, 2.75) is 6.54 Å². The molecule has 1 aromatic carbocycles. The summed E-state index contributed by atoms with van der Waals surface area (Å²) in [6.07, 6.45) is 0. The third-order valence-corrected chi connectivity index (χ3v) is 4.35. The van der Waals surface area contributed by atoms with Gasteiger partial charge in [-0.25, -0.2) is 0 Å². The average Bonchev–Trinajstić information content (AvgIpc) is 2.96. The van der Waals surface area contributed by atoms with Crippen LogP contribution in [0.15, 0.2) is 36.4 Å². The topological polar surface area (TPSA) is 37.4 Å². The second-order valence-corrected chi connectivity index (χ2v) is 6.06. The van der Waals surface area contributed by atoms with E-state index in [0.29, 0.717) is 21.3 Å². The number of Topliss-reactive ketones (excluding diaryl/α,β-unsaturated/α-hetero) is 1. The minimum Gasteiger partial charge on any atom is -0.327 e. The number of ketones is 1. The molecule has 1 aliphatic heterocycles. The molecule has 19 heavy (non-hydrogen) atoms. The van der Waals surface area contributed by atoms with Gasteiger partial charge in [0.2, 0.25) is 0 Å². The van der Waals surface area contributed by atoms with Crippen LogP contribution in [0.3, 0.4) is 0 Å². The minimum absolute atomic E-state index is 0.0712. The molecule has 0 unspecified atom stereocenters. The number of carbonyl (C=O) groups excluding carboxylic acids is 2. The molecule has 0 saturated heterocycles. The van der Waals surface area contributed by atoms with Crippen LogP contribution in [0.5, 0.6) is 0 Å². The first kappa shape index (κ1) is 12.4. The number of fused-ring (bicyclic) bond motifs is 1. The Kier molecular flexibility index (Phi) is 3.12. The number of carbonyl (C=O) groups is 2. The molecule has 0 atom stereocenters. The van der Waals surface area contributed by atoms with Crippen molar-refractivity contribution >= 4 is 34.6 Å². The van der Waals surface area contributed by atoms with Crippen molar-refractivity contribution in [1.82, 2.24) is 4.90 Å². The van der Waals surface area contributed by atoms with E-state index in [2.05, 4.69) is 0 Å². The lowest BCUT2D eigenvalue weighted by Gasteiger charge is -2.13. The van der Waals surface area contributed by atoms with Crippen LogP contribution in [-0.2, 0) is 6.54 Å². The van der Waals surface area contributed by atoms with Crippen molar-refractivity contribution in [3.8, 4) is 0 Å². The maximum absolute atomic E-state index is 12.1. The zero-order chi connectivity index (χ0) is 13.4. The highest BCUT2D eigenvalue weighted by molar-refractivity contribution is 7.18. The summed E-state index contributed by atoms with van der Waals surface area (Å²) in [6, 6.07) is 10.8. The van der Waals surface area contributed by atoms with Crippen molar-refractivity contribution in [1.29, 1.82) is 0 Å². The van der Waals surface area contributed by atoms with Gasteiger partial charge in [-0.3, -0.25) is 9.59 Å². The monoisotopic (exact) mass is 291 g/mol. The molecule has 0 spiro atoms. The maximum atomic E-state index is 12.1. The van der Waals surface area contributed by atoms with Crippen LogP contribution >= 0.6 is 22.9 Å². The Labute approximate surface area is 119 Å². The zero-order valence-corrected chi connectivity index (χ0v) is 11.5. The predicted molar refractivity (Wildman–Crippen MR) is 74.8 cm³/mol. The molecule has 1 aromatic heterocycles. The fourth-order valence-corrected chi connectivity index (χ4v) is 3.13. The van der Waals surface area contributed by atoms with Gasteiger partial charge in [0.15, 0.2) is 5.78 Å². The highest BCUT2D eigenvalue weighted by atomic mass is 35.5. The molecule has 1 amide bonds. The Hall–Kier alpha value is -1.65. The summed E-state index contributed by atoms with van der Waals surface area (Å²) in [7, 11) is 0. The van der Waals surface area contributed by atoms with Crippen LogP contribution in [0.4, 0.5) is 0 Å². The Morgan fingerprint density at radius 1 is 1.26 bits per heavy atom. The quantitative estimate of drug-likeness (QED) is 0.814. The standard InChI is InChI=1S/C14H10ClNO2S/c15-13-6-5-12(19-13)11(17)8-16-7-9-3-1-2-4-10(9)14(16)18/h1-6H,7-8H2. The van der Waals surface area contributed by atoms with Gasteiger partial charge in [0.05, 0.1) is 15.8 Å². The van der Waals surface area contributed by atoms with Gasteiger partial charge in [-0.1, -0.05) is 29.8 Å². The van der Waals surface area contributed by atoms with Gasteiger partial charge in [-0.2, -0.15) is 0 Å². The molecule has 2 aromatic rings. The molecule has 1 aliphatic rings. The molecular formula is C14H10ClNO2S. The lowest BCUT2D eigenvalue weighted by molar-refractivity contribution is 0.0730. The summed E-state index contributed by atoms with van der Waals surface area (Å²) in [4.78, 5) is 26.3. The molecule has 3 rings (SSSR count). The van der Waals surface area contributed by atoms with Crippen LogP contribution < -0.4 is 0 Å². The molecule has 3 nitrogen and oxygen atoms in total. The first-order valence-corrected chi connectivity index (χ1v) is 7.00.